The van der Waals surface area contributed by atoms with E-state index >= 15 is 0 Å². The second-order valence-corrected chi connectivity index (χ2v) is 18.2. The van der Waals surface area contributed by atoms with Crippen LogP contribution >= 0.6 is 31.9 Å². The van der Waals surface area contributed by atoms with Gasteiger partial charge in [-0.3, -0.25) is 16.7 Å². The summed E-state index contributed by atoms with van der Waals surface area (Å²) in [6.45, 7) is 6.07. The van der Waals surface area contributed by atoms with Crippen molar-refractivity contribution in [1.82, 2.24) is 0 Å². The third-order valence-electron chi connectivity index (χ3n) is 6.33. The van der Waals surface area contributed by atoms with E-state index < -0.39 is 71.2 Å². The Kier molecular flexibility index (Phi) is 16.3. The molecule has 2 aromatic carbocycles. The summed E-state index contributed by atoms with van der Waals surface area (Å²) in [7, 11) is -19.4. The molecular weight excluding hydrogens is 816 g/mol. The third kappa shape index (κ3) is 11.0. The number of halogens is 2. The summed E-state index contributed by atoms with van der Waals surface area (Å²) in [6, 6.07) is 4.03. The number of benzene rings is 2. The predicted octanol–water partition coefficient (Wildman–Crippen LogP) is 6.90. The maximum absolute atomic E-state index is 13.8. The molecule has 2 aromatic rings. The van der Waals surface area contributed by atoms with Crippen LogP contribution in [-0.4, -0.2) is 60.1 Å². The highest BCUT2D eigenvalue weighted by Gasteiger charge is 2.38. The van der Waals surface area contributed by atoms with Crippen LogP contribution in [0.2, 0.25) is 0 Å². The molecule has 0 saturated carbocycles. The Balaban J connectivity index is 3.27. The van der Waals surface area contributed by atoms with Crippen LogP contribution in [0.4, 0.5) is 0 Å². The van der Waals surface area contributed by atoms with E-state index in [9.17, 15) is 33.7 Å². The zero-order valence-corrected chi connectivity index (χ0v) is 32.5. The molecule has 0 spiro atoms. The van der Waals surface area contributed by atoms with Crippen molar-refractivity contribution >= 4 is 72.3 Å². The van der Waals surface area contributed by atoms with Gasteiger partial charge in [0.25, 0.3) is 40.5 Å². The van der Waals surface area contributed by atoms with Crippen LogP contribution in [-0.2, 0) is 57.2 Å². The summed E-state index contributed by atoms with van der Waals surface area (Å²) < 4.78 is 131. The summed E-state index contributed by atoms with van der Waals surface area (Å²) >= 11 is 6.29. The van der Waals surface area contributed by atoms with Gasteiger partial charge < -0.3 is 0 Å². The standard InChI is InChI=1S/C28H40Br2O12S4/c1-5-9-13-39-43(31,32)23-17-21(29)18-24(44(33,34)40-14-10-6-2)27(23)28-25(45(35,36)41-15-11-7-3)19-22(30)20-26(28)46(37,38)42-16-12-8-4/h17-20H,5-16H2,1-4H3. The molecule has 0 fully saturated rings. The van der Waals surface area contributed by atoms with Gasteiger partial charge in [-0.15, -0.1) is 0 Å². The Hall–Kier alpha value is -0.960. The fourth-order valence-electron chi connectivity index (χ4n) is 3.90. The summed E-state index contributed by atoms with van der Waals surface area (Å²) in [6.07, 6.45) is 3.54. The molecule has 0 aliphatic carbocycles. The Morgan fingerprint density at radius 3 is 0.804 bits per heavy atom. The summed E-state index contributed by atoms with van der Waals surface area (Å²) in [5, 5.41) is 0. The van der Waals surface area contributed by atoms with Gasteiger partial charge in [-0.2, -0.15) is 33.7 Å². The van der Waals surface area contributed by atoms with Gasteiger partial charge in [-0.1, -0.05) is 85.2 Å². The van der Waals surface area contributed by atoms with Crippen molar-refractivity contribution in [2.24, 2.45) is 0 Å². The first-order valence-electron chi connectivity index (χ1n) is 14.7. The monoisotopic (exact) mass is 854 g/mol. The molecule has 46 heavy (non-hydrogen) atoms. The lowest BCUT2D eigenvalue weighted by atomic mass is 10.1. The lowest BCUT2D eigenvalue weighted by Crippen LogP contribution is -2.18. The van der Waals surface area contributed by atoms with Gasteiger partial charge in [-0.25, -0.2) is 0 Å². The van der Waals surface area contributed by atoms with Crippen LogP contribution in [0.3, 0.4) is 0 Å². The second kappa shape index (κ2) is 18.2. The van der Waals surface area contributed by atoms with Crippen molar-refractivity contribution in [2.75, 3.05) is 26.4 Å². The summed E-state index contributed by atoms with van der Waals surface area (Å²) in [5.41, 5.74) is -1.59. The molecule has 0 aliphatic heterocycles. The molecule has 0 N–H and O–H groups in total. The average molecular weight is 857 g/mol. The summed E-state index contributed by atoms with van der Waals surface area (Å²) in [4.78, 5) is -3.25. The molecule has 0 aliphatic rings. The smallest absolute Gasteiger partial charge is 0.266 e. The van der Waals surface area contributed by atoms with Crippen LogP contribution in [0.5, 0.6) is 0 Å². The van der Waals surface area contributed by atoms with Crippen LogP contribution in [0.1, 0.15) is 79.1 Å². The van der Waals surface area contributed by atoms with Crippen molar-refractivity contribution < 1.29 is 50.4 Å². The van der Waals surface area contributed by atoms with Gasteiger partial charge in [0.1, 0.15) is 19.6 Å². The number of hydrogen-bond acceptors (Lipinski definition) is 12. The van der Waals surface area contributed by atoms with E-state index in [0.717, 1.165) is 24.3 Å². The maximum Gasteiger partial charge on any atom is 0.297 e. The van der Waals surface area contributed by atoms with E-state index in [1.165, 1.54) is 0 Å². The molecule has 0 unspecified atom stereocenters. The van der Waals surface area contributed by atoms with Crippen molar-refractivity contribution in [3.63, 3.8) is 0 Å². The molecule has 0 atom stereocenters. The molecule has 0 bridgehead atoms. The lowest BCUT2D eigenvalue weighted by molar-refractivity contribution is 0.307. The second-order valence-electron chi connectivity index (χ2n) is 10.1. The molecule has 0 aromatic heterocycles. The Labute approximate surface area is 290 Å². The molecule has 0 amide bonds. The van der Waals surface area contributed by atoms with Gasteiger partial charge in [-0.05, 0) is 49.9 Å². The topological polar surface area (TPSA) is 173 Å². The number of rotatable bonds is 21. The van der Waals surface area contributed by atoms with Gasteiger partial charge in [0.05, 0.1) is 26.4 Å². The third-order valence-corrected chi connectivity index (χ3v) is 12.6. The number of hydrogen-bond donors (Lipinski definition) is 0. The van der Waals surface area contributed by atoms with Crippen LogP contribution in [0.25, 0.3) is 11.1 Å². The quantitative estimate of drug-likeness (QED) is 0.0941. The molecule has 262 valence electrons. The fourth-order valence-corrected chi connectivity index (χ4v) is 10.3. The SMILES string of the molecule is CCCCOS(=O)(=O)c1cc(Br)cc(S(=O)(=O)OCCCC)c1-c1c(S(=O)(=O)OCCCC)cc(Br)cc1S(=O)(=O)OCCCC. The van der Waals surface area contributed by atoms with Gasteiger partial charge >= 0.3 is 0 Å². The van der Waals surface area contributed by atoms with E-state index in [-0.39, 0.29) is 35.4 Å². The highest BCUT2D eigenvalue weighted by atomic mass is 79.9. The fraction of sp³-hybridized carbons (Fsp3) is 0.571. The first kappa shape index (κ1) is 41.2. The highest BCUT2D eigenvalue weighted by Crippen LogP contribution is 2.45. The van der Waals surface area contributed by atoms with E-state index in [1.807, 2.05) is 0 Å². The van der Waals surface area contributed by atoms with Crippen molar-refractivity contribution in [3.8, 4) is 11.1 Å². The predicted molar refractivity (Wildman–Crippen MR) is 179 cm³/mol. The van der Waals surface area contributed by atoms with E-state index in [4.69, 9.17) is 16.7 Å². The first-order chi connectivity index (χ1) is 21.5. The van der Waals surface area contributed by atoms with E-state index in [0.29, 0.717) is 51.4 Å². The Morgan fingerprint density at radius 1 is 0.435 bits per heavy atom. The minimum absolute atomic E-state index is 0.0455. The Bertz CT molecular complexity index is 1520. The van der Waals surface area contributed by atoms with Crippen molar-refractivity contribution in [2.45, 2.75) is 98.6 Å². The molecule has 2 rings (SSSR count). The van der Waals surface area contributed by atoms with Crippen LogP contribution in [0, 0.1) is 0 Å². The minimum atomic E-state index is -4.85. The van der Waals surface area contributed by atoms with Crippen molar-refractivity contribution in [3.05, 3.63) is 33.2 Å². The summed E-state index contributed by atoms with van der Waals surface area (Å²) in [5.74, 6) is 0. The minimum Gasteiger partial charge on any atom is -0.266 e. The highest BCUT2D eigenvalue weighted by molar-refractivity contribution is 9.10. The zero-order chi connectivity index (χ0) is 34.8. The first-order valence-corrected chi connectivity index (χ1v) is 22.0. The molecule has 0 radical (unpaired) electrons. The molecule has 0 heterocycles. The Morgan fingerprint density at radius 2 is 0.630 bits per heavy atom. The normalized spacial score (nSPS) is 12.9. The van der Waals surface area contributed by atoms with E-state index in [1.54, 1.807) is 27.7 Å². The molecule has 0 saturated heterocycles. The van der Waals surface area contributed by atoms with Gasteiger partial charge in [0.2, 0.25) is 0 Å². The van der Waals surface area contributed by atoms with Gasteiger partial charge in [0.15, 0.2) is 0 Å². The van der Waals surface area contributed by atoms with Crippen molar-refractivity contribution in [1.29, 1.82) is 0 Å². The molecule has 18 heteroatoms. The molecule has 12 nitrogen and oxygen atoms in total. The van der Waals surface area contributed by atoms with Crippen LogP contribution < -0.4 is 0 Å². The van der Waals surface area contributed by atoms with E-state index in [2.05, 4.69) is 31.9 Å². The number of unbranched alkanes of at least 4 members (excludes halogenated alkanes) is 4. The largest absolute Gasteiger partial charge is 0.297 e. The average Bonchev–Trinajstić information content (AvgIpc) is 2.97. The lowest BCUT2D eigenvalue weighted by Gasteiger charge is -2.21. The zero-order valence-electron chi connectivity index (χ0n) is 26.1. The molecular formula is C28H40Br2O12S4. The van der Waals surface area contributed by atoms with Gasteiger partial charge in [0, 0.05) is 20.1 Å². The van der Waals surface area contributed by atoms with Crippen LogP contribution in [0.15, 0.2) is 52.8 Å². The maximum atomic E-state index is 13.8.